The summed E-state index contributed by atoms with van der Waals surface area (Å²) in [4.78, 5) is 13.3. The van der Waals surface area contributed by atoms with Crippen LogP contribution in [0.1, 0.15) is 24.0 Å². The van der Waals surface area contributed by atoms with Gasteiger partial charge in [-0.25, -0.2) is 9.97 Å². The molecule has 4 heterocycles. The van der Waals surface area contributed by atoms with Gasteiger partial charge in [-0.3, -0.25) is 0 Å². The van der Waals surface area contributed by atoms with Gasteiger partial charge in [0.1, 0.15) is 17.8 Å². The lowest BCUT2D eigenvalue weighted by Gasteiger charge is -2.07. The van der Waals surface area contributed by atoms with Crippen LogP contribution in [0.5, 0.6) is 0 Å². The second-order valence-corrected chi connectivity index (χ2v) is 5.44. The number of anilines is 1. The molecular weight excluding hydrogens is 290 g/mol. The highest BCUT2D eigenvalue weighted by Gasteiger charge is 2.08. The first kappa shape index (κ1) is 13.7. The van der Waals surface area contributed by atoms with E-state index in [1.165, 1.54) is 6.33 Å². The fourth-order valence-electron chi connectivity index (χ4n) is 2.63. The monoisotopic (exact) mass is 307 g/mol. The second-order valence-electron chi connectivity index (χ2n) is 5.44. The molecule has 4 aromatic rings. The van der Waals surface area contributed by atoms with Crippen molar-refractivity contribution in [1.82, 2.24) is 29.0 Å². The molecular formula is C16H17N7. The Labute approximate surface area is 133 Å². The normalized spacial score (nSPS) is 11.4. The van der Waals surface area contributed by atoms with Crippen LogP contribution >= 0.6 is 0 Å². The summed E-state index contributed by atoms with van der Waals surface area (Å²) in [6.45, 7) is 4.76. The maximum absolute atomic E-state index is 4.64. The van der Waals surface area contributed by atoms with E-state index in [0.717, 1.165) is 35.0 Å². The van der Waals surface area contributed by atoms with Gasteiger partial charge in [-0.05, 0) is 25.5 Å². The standard InChI is InChI=1S/C16H17N7/c1-3-12-7-15(23-16(21-12)18-10-19-23)17-8-13-9-22-11(2)5-4-6-14(22)20-13/h4-7,9-10,17H,3,8H2,1-2H3. The molecule has 0 spiro atoms. The lowest BCUT2D eigenvalue weighted by molar-refractivity contribution is 0.897. The molecule has 1 N–H and O–H groups in total. The number of hydrogen-bond acceptors (Lipinski definition) is 5. The first-order chi connectivity index (χ1) is 11.2. The summed E-state index contributed by atoms with van der Waals surface area (Å²) in [5.74, 6) is 1.48. The van der Waals surface area contributed by atoms with Gasteiger partial charge in [-0.15, -0.1) is 0 Å². The lowest BCUT2D eigenvalue weighted by atomic mass is 10.3. The zero-order chi connectivity index (χ0) is 15.8. The Kier molecular flexibility index (Phi) is 3.18. The first-order valence-electron chi connectivity index (χ1n) is 7.61. The van der Waals surface area contributed by atoms with Gasteiger partial charge in [-0.1, -0.05) is 13.0 Å². The van der Waals surface area contributed by atoms with Crippen LogP contribution in [-0.4, -0.2) is 29.0 Å². The molecule has 7 heteroatoms. The highest BCUT2D eigenvalue weighted by molar-refractivity contribution is 5.46. The summed E-state index contributed by atoms with van der Waals surface area (Å²) in [5, 5.41) is 7.61. The molecule has 0 bridgehead atoms. The molecule has 0 aliphatic carbocycles. The SMILES string of the molecule is CCc1cc(NCc2cn3c(C)cccc3n2)n2ncnc2n1. The predicted octanol–water partition coefficient (Wildman–Crippen LogP) is 2.25. The molecule has 0 saturated heterocycles. The van der Waals surface area contributed by atoms with E-state index in [9.17, 15) is 0 Å². The maximum Gasteiger partial charge on any atom is 0.254 e. The Morgan fingerprint density at radius 2 is 2.09 bits per heavy atom. The molecule has 7 nitrogen and oxygen atoms in total. The van der Waals surface area contributed by atoms with E-state index in [1.54, 1.807) is 4.52 Å². The van der Waals surface area contributed by atoms with Crippen LogP contribution in [0, 0.1) is 6.92 Å². The molecule has 116 valence electrons. The lowest BCUT2D eigenvalue weighted by Crippen LogP contribution is -2.07. The van der Waals surface area contributed by atoms with Crippen LogP contribution in [0.4, 0.5) is 5.82 Å². The quantitative estimate of drug-likeness (QED) is 0.626. The van der Waals surface area contributed by atoms with E-state index < -0.39 is 0 Å². The number of nitrogens with one attached hydrogen (secondary N) is 1. The molecule has 0 aliphatic heterocycles. The fourth-order valence-corrected chi connectivity index (χ4v) is 2.63. The van der Waals surface area contributed by atoms with E-state index >= 15 is 0 Å². The molecule has 4 rings (SSSR count). The molecule has 0 aliphatic rings. The van der Waals surface area contributed by atoms with Gasteiger partial charge in [0, 0.05) is 23.7 Å². The molecule has 0 fully saturated rings. The molecule has 0 amide bonds. The number of aryl methyl sites for hydroxylation is 2. The van der Waals surface area contributed by atoms with Gasteiger partial charge in [0.15, 0.2) is 0 Å². The Hall–Kier alpha value is -2.96. The molecule has 0 aromatic carbocycles. The third kappa shape index (κ3) is 2.40. The van der Waals surface area contributed by atoms with Crippen LogP contribution in [0.2, 0.25) is 0 Å². The number of fused-ring (bicyclic) bond motifs is 2. The van der Waals surface area contributed by atoms with E-state index in [-0.39, 0.29) is 0 Å². The van der Waals surface area contributed by atoms with Crippen LogP contribution < -0.4 is 5.32 Å². The summed E-state index contributed by atoms with van der Waals surface area (Å²) in [7, 11) is 0. The topological polar surface area (TPSA) is 72.4 Å². The average molecular weight is 307 g/mol. The summed E-state index contributed by atoms with van der Waals surface area (Å²) in [5.41, 5.74) is 4.08. The highest BCUT2D eigenvalue weighted by atomic mass is 15.4. The number of imidazole rings is 1. The number of nitrogens with zero attached hydrogens (tertiary/aromatic N) is 6. The number of pyridine rings is 1. The first-order valence-corrected chi connectivity index (χ1v) is 7.61. The van der Waals surface area contributed by atoms with Crippen molar-refractivity contribution in [2.45, 2.75) is 26.8 Å². The molecule has 0 atom stereocenters. The van der Waals surface area contributed by atoms with E-state index in [1.807, 2.05) is 18.2 Å². The number of hydrogen-bond donors (Lipinski definition) is 1. The largest absolute Gasteiger partial charge is 0.364 e. The Bertz CT molecular complexity index is 983. The summed E-state index contributed by atoms with van der Waals surface area (Å²) in [6.07, 6.45) is 4.42. The molecule has 23 heavy (non-hydrogen) atoms. The molecule has 0 saturated carbocycles. The third-order valence-electron chi connectivity index (χ3n) is 3.86. The van der Waals surface area contributed by atoms with Crippen molar-refractivity contribution >= 4 is 17.2 Å². The third-order valence-corrected chi connectivity index (χ3v) is 3.86. The minimum absolute atomic E-state index is 0.609. The van der Waals surface area contributed by atoms with Crippen LogP contribution in [-0.2, 0) is 13.0 Å². The van der Waals surface area contributed by atoms with Gasteiger partial charge in [0.25, 0.3) is 5.78 Å². The smallest absolute Gasteiger partial charge is 0.254 e. The molecule has 0 radical (unpaired) electrons. The molecule has 0 unspecified atom stereocenters. The van der Waals surface area contributed by atoms with Crippen molar-refractivity contribution in [1.29, 1.82) is 0 Å². The van der Waals surface area contributed by atoms with E-state index in [0.29, 0.717) is 12.3 Å². The van der Waals surface area contributed by atoms with Crippen molar-refractivity contribution in [2.24, 2.45) is 0 Å². The van der Waals surface area contributed by atoms with Crippen molar-refractivity contribution in [2.75, 3.05) is 5.32 Å². The van der Waals surface area contributed by atoms with Gasteiger partial charge in [0.05, 0.1) is 12.2 Å². The van der Waals surface area contributed by atoms with Crippen molar-refractivity contribution in [3.05, 3.63) is 53.9 Å². The minimum Gasteiger partial charge on any atom is -0.364 e. The van der Waals surface area contributed by atoms with Gasteiger partial charge < -0.3 is 9.72 Å². The Balaban J connectivity index is 1.65. The fraction of sp³-hybridized carbons (Fsp3) is 0.250. The van der Waals surface area contributed by atoms with Gasteiger partial charge in [0.2, 0.25) is 0 Å². The van der Waals surface area contributed by atoms with Gasteiger partial charge >= 0.3 is 0 Å². The van der Waals surface area contributed by atoms with Crippen LogP contribution in [0.25, 0.3) is 11.4 Å². The average Bonchev–Trinajstić information content (AvgIpc) is 3.19. The van der Waals surface area contributed by atoms with Crippen molar-refractivity contribution in [3.63, 3.8) is 0 Å². The number of rotatable bonds is 4. The minimum atomic E-state index is 0.609. The summed E-state index contributed by atoms with van der Waals surface area (Å²) < 4.78 is 3.80. The van der Waals surface area contributed by atoms with Crippen molar-refractivity contribution in [3.8, 4) is 0 Å². The predicted molar refractivity (Wildman–Crippen MR) is 87.4 cm³/mol. The van der Waals surface area contributed by atoms with Crippen LogP contribution in [0.3, 0.4) is 0 Å². The summed E-state index contributed by atoms with van der Waals surface area (Å²) in [6, 6.07) is 8.10. The van der Waals surface area contributed by atoms with Crippen molar-refractivity contribution < 1.29 is 0 Å². The maximum atomic E-state index is 4.64. The highest BCUT2D eigenvalue weighted by Crippen LogP contribution is 2.14. The van der Waals surface area contributed by atoms with Gasteiger partial charge in [-0.2, -0.15) is 14.6 Å². The van der Waals surface area contributed by atoms with E-state index in [4.69, 9.17) is 0 Å². The number of aromatic nitrogens is 6. The van der Waals surface area contributed by atoms with Crippen LogP contribution in [0.15, 0.2) is 36.8 Å². The Morgan fingerprint density at radius 1 is 1.17 bits per heavy atom. The zero-order valence-electron chi connectivity index (χ0n) is 13.1. The molecule has 4 aromatic heterocycles. The summed E-state index contributed by atoms with van der Waals surface area (Å²) >= 11 is 0. The second kappa shape index (κ2) is 5.35. The zero-order valence-corrected chi connectivity index (χ0v) is 13.1. The Morgan fingerprint density at radius 3 is 2.91 bits per heavy atom. The van der Waals surface area contributed by atoms with E-state index in [2.05, 4.69) is 55.9 Å².